The molecule has 1 aromatic rings. The fourth-order valence-electron chi connectivity index (χ4n) is 2.15. The average Bonchev–Trinajstić information content (AvgIpc) is 2.69. The molecule has 1 unspecified atom stereocenters. The molecular weight excluding hydrogens is 288 g/mol. The Labute approximate surface area is 108 Å². The topological polar surface area (TPSA) is 49.5 Å². The molecule has 0 spiro atoms. The van der Waals surface area contributed by atoms with E-state index >= 15 is 0 Å². The average molecular weight is 305 g/mol. The number of nitrogens with zero attached hydrogens (tertiary/aromatic N) is 1. The minimum absolute atomic E-state index is 0.121. The van der Waals surface area contributed by atoms with Crippen LogP contribution in [0, 0.1) is 0 Å². The summed E-state index contributed by atoms with van der Waals surface area (Å²) in [5.41, 5.74) is 5.87. The molecule has 0 bridgehead atoms. The lowest BCUT2D eigenvalue weighted by atomic mass is 10.0. The SMILES string of the molecule is NCC(c1cc(Br)cs1)N1CCC(O)CC1. The number of thiophene rings is 1. The molecule has 1 aliphatic heterocycles. The Kier molecular flexibility index (Phi) is 4.38. The van der Waals surface area contributed by atoms with Crippen molar-refractivity contribution in [1.29, 1.82) is 0 Å². The molecule has 0 amide bonds. The predicted molar refractivity (Wildman–Crippen MR) is 70.6 cm³/mol. The van der Waals surface area contributed by atoms with Crippen LogP contribution in [-0.4, -0.2) is 35.7 Å². The minimum atomic E-state index is -0.121. The van der Waals surface area contributed by atoms with Gasteiger partial charge in [0.1, 0.15) is 0 Å². The highest BCUT2D eigenvalue weighted by Gasteiger charge is 2.25. The molecule has 0 aromatic carbocycles. The van der Waals surface area contributed by atoms with Gasteiger partial charge in [0.05, 0.1) is 12.1 Å². The van der Waals surface area contributed by atoms with Gasteiger partial charge in [0.2, 0.25) is 0 Å². The molecule has 1 atom stereocenters. The molecule has 1 aromatic heterocycles. The van der Waals surface area contributed by atoms with Gasteiger partial charge in [-0.2, -0.15) is 0 Å². The highest BCUT2D eigenvalue weighted by molar-refractivity contribution is 9.10. The number of piperidine rings is 1. The van der Waals surface area contributed by atoms with Gasteiger partial charge >= 0.3 is 0 Å². The molecule has 2 heterocycles. The lowest BCUT2D eigenvalue weighted by Crippen LogP contribution is -2.40. The van der Waals surface area contributed by atoms with Gasteiger partial charge in [-0.1, -0.05) is 0 Å². The van der Waals surface area contributed by atoms with E-state index in [4.69, 9.17) is 5.73 Å². The molecule has 1 saturated heterocycles. The van der Waals surface area contributed by atoms with Crippen LogP contribution >= 0.6 is 27.3 Å². The Balaban J connectivity index is 2.05. The van der Waals surface area contributed by atoms with Gasteiger partial charge in [-0.3, -0.25) is 4.90 Å². The third-order valence-electron chi connectivity index (χ3n) is 3.08. The van der Waals surface area contributed by atoms with Crippen LogP contribution in [0.5, 0.6) is 0 Å². The fraction of sp³-hybridized carbons (Fsp3) is 0.636. The molecule has 1 aliphatic rings. The summed E-state index contributed by atoms with van der Waals surface area (Å²) in [6.07, 6.45) is 1.61. The van der Waals surface area contributed by atoms with Gasteiger partial charge in [-0.05, 0) is 34.8 Å². The maximum Gasteiger partial charge on any atom is 0.0564 e. The van der Waals surface area contributed by atoms with E-state index in [1.807, 2.05) is 0 Å². The van der Waals surface area contributed by atoms with Gasteiger partial charge in [-0.15, -0.1) is 11.3 Å². The number of likely N-dealkylation sites (tertiary alicyclic amines) is 1. The summed E-state index contributed by atoms with van der Waals surface area (Å²) >= 11 is 5.22. The van der Waals surface area contributed by atoms with Crippen molar-refractivity contribution in [3.8, 4) is 0 Å². The number of aliphatic hydroxyl groups excluding tert-OH is 1. The normalized spacial score (nSPS) is 21.2. The Bertz CT molecular complexity index is 336. The van der Waals surface area contributed by atoms with Gasteiger partial charge in [0, 0.05) is 34.4 Å². The molecule has 5 heteroatoms. The number of nitrogens with two attached hydrogens (primary N) is 1. The number of hydrogen-bond donors (Lipinski definition) is 2. The fourth-order valence-corrected chi connectivity index (χ4v) is 3.74. The lowest BCUT2D eigenvalue weighted by molar-refractivity contribution is 0.0630. The van der Waals surface area contributed by atoms with Gasteiger partial charge in [0.15, 0.2) is 0 Å². The Morgan fingerprint density at radius 2 is 2.25 bits per heavy atom. The highest BCUT2D eigenvalue weighted by atomic mass is 79.9. The van der Waals surface area contributed by atoms with Crippen molar-refractivity contribution in [2.75, 3.05) is 19.6 Å². The second-order valence-corrected chi connectivity index (χ2v) is 6.04. The zero-order chi connectivity index (χ0) is 11.5. The largest absolute Gasteiger partial charge is 0.393 e. The van der Waals surface area contributed by atoms with E-state index in [0.717, 1.165) is 30.4 Å². The van der Waals surface area contributed by atoms with Crippen LogP contribution in [0.4, 0.5) is 0 Å². The summed E-state index contributed by atoms with van der Waals surface area (Å²) in [5.74, 6) is 0. The summed E-state index contributed by atoms with van der Waals surface area (Å²) in [6.45, 7) is 2.53. The standard InChI is InChI=1S/C11H17BrN2OS/c12-8-5-11(16-7-8)10(6-13)14-3-1-9(15)2-4-14/h5,7,9-10,15H,1-4,6,13H2. The number of hydrogen-bond acceptors (Lipinski definition) is 4. The van der Waals surface area contributed by atoms with Crippen molar-refractivity contribution < 1.29 is 5.11 Å². The van der Waals surface area contributed by atoms with Gasteiger partial charge in [0.25, 0.3) is 0 Å². The van der Waals surface area contributed by atoms with E-state index < -0.39 is 0 Å². The summed E-state index contributed by atoms with van der Waals surface area (Å²) in [5, 5.41) is 11.6. The van der Waals surface area contributed by atoms with E-state index in [1.165, 1.54) is 4.88 Å². The van der Waals surface area contributed by atoms with Gasteiger partial charge < -0.3 is 10.8 Å². The van der Waals surface area contributed by atoms with Crippen LogP contribution in [0.2, 0.25) is 0 Å². The minimum Gasteiger partial charge on any atom is -0.393 e. The molecule has 0 saturated carbocycles. The van der Waals surface area contributed by atoms with Crippen molar-refractivity contribution in [3.05, 3.63) is 20.8 Å². The highest BCUT2D eigenvalue weighted by Crippen LogP contribution is 2.30. The van der Waals surface area contributed by atoms with E-state index in [2.05, 4.69) is 32.3 Å². The molecule has 16 heavy (non-hydrogen) atoms. The molecule has 3 nitrogen and oxygen atoms in total. The first-order valence-electron chi connectivity index (χ1n) is 5.57. The Morgan fingerprint density at radius 3 is 2.75 bits per heavy atom. The van der Waals surface area contributed by atoms with E-state index in [9.17, 15) is 5.11 Å². The van der Waals surface area contributed by atoms with E-state index in [1.54, 1.807) is 11.3 Å². The first-order chi connectivity index (χ1) is 7.70. The molecule has 3 N–H and O–H groups in total. The summed E-state index contributed by atoms with van der Waals surface area (Å²) in [7, 11) is 0. The third kappa shape index (κ3) is 2.84. The molecule has 0 aliphatic carbocycles. The second-order valence-electron chi connectivity index (χ2n) is 4.19. The summed E-state index contributed by atoms with van der Waals surface area (Å²) in [6, 6.07) is 2.46. The van der Waals surface area contributed by atoms with Crippen molar-refractivity contribution >= 4 is 27.3 Å². The zero-order valence-electron chi connectivity index (χ0n) is 9.10. The quantitative estimate of drug-likeness (QED) is 0.897. The van der Waals surface area contributed by atoms with Crippen molar-refractivity contribution in [2.45, 2.75) is 25.0 Å². The van der Waals surface area contributed by atoms with Crippen LogP contribution in [0.25, 0.3) is 0 Å². The molecule has 2 rings (SSSR count). The van der Waals surface area contributed by atoms with Crippen LogP contribution in [0.15, 0.2) is 15.9 Å². The van der Waals surface area contributed by atoms with Crippen LogP contribution in [0.1, 0.15) is 23.8 Å². The maximum absolute atomic E-state index is 9.49. The number of rotatable bonds is 3. The van der Waals surface area contributed by atoms with E-state index in [0.29, 0.717) is 12.6 Å². The maximum atomic E-state index is 9.49. The summed E-state index contributed by atoms with van der Waals surface area (Å²) in [4.78, 5) is 3.69. The van der Waals surface area contributed by atoms with Crippen LogP contribution < -0.4 is 5.73 Å². The molecule has 0 radical (unpaired) electrons. The molecule has 90 valence electrons. The molecule has 1 fully saturated rings. The third-order valence-corrected chi connectivity index (χ3v) is 4.87. The number of halogens is 1. The van der Waals surface area contributed by atoms with Crippen molar-refractivity contribution in [1.82, 2.24) is 4.90 Å². The first-order valence-corrected chi connectivity index (χ1v) is 7.24. The Morgan fingerprint density at radius 1 is 1.56 bits per heavy atom. The monoisotopic (exact) mass is 304 g/mol. The smallest absolute Gasteiger partial charge is 0.0564 e. The zero-order valence-corrected chi connectivity index (χ0v) is 11.5. The second kappa shape index (κ2) is 5.60. The summed E-state index contributed by atoms with van der Waals surface area (Å²) < 4.78 is 1.13. The predicted octanol–water partition coefficient (Wildman–Crippen LogP) is 1.97. The lowest BCUT2D eigenvalue weighted by Gasteiger charge is -2.35. The molecular formula is C11H17BrN2OS. The van der Waals surface area contributed by atoms with Crippen LogP contribution in [0.3, 0.4) is 0 Å². The van der Waals surface area contributed by atoms with Crippen molar-refractivity contribution in [2.24, 2.45) is 5.73 Å². The van der Waals surface area contributed by atoms with E-state index in [-0.39, 0.29) is 6.10 Å². The Hall–Kier alpha value is 0.0600. The first kappa shape index (κ1) is 12.5. The number of aliphatic hydroxyl groups is 1. The van der Waals surface area contributed by atoms with Crippen LogP contribution in [-0.2, 0) is 0 Å². The van der Waals surface area contributed by atoms with Crippen molar-refractivity contribution in [3.63, 3.8) is 0 Å². The van der Waals surface area contributed by atoms with Gasteiger partial charge in [-0.25, -0.2) is 0 Å².